The highest BCUT2D eigenvalue weighted by Crippen LogP contribution is 2.20. The number of nitrogens with one attached hydrogen (secondary N) is 1. The van der Waals surface area contributed by atoms with Crippen LogP contribution in [0.2, 0.25) is 0 Å². The maximum Gasteiger partial charge on any atom is 0.263 e. The molecule has 7 heteroatoms. The molecule has 112 valence electrons. The first kappa shape index (κ1) is 15.2. The molecule has 0 aromatic carbocycles. The second kappa shape index (κ2) is 6.53. The number of rotatable bonds is 5. The lowest BCUT2D eigenvalue weighted by Crippen LogP contribution is -2.23. The van der Waals surface area contributed by atoms with Gasteiger partial charge in [-0.15, -0.1) is 0 Å². The predicted molar refractivity (Wildman–Crippen MR) is 82.4 cm³/mol. The summed E-state index contributed by atoms with van der Waals surface area (Å²) in [5.74, 6) is 0.342. The number of hydrogen-bond acceptors (Lipinski definition) is 6. The van der Waals surface area contributed by atoms with Crippen molar-refractivity contribution in [2.24, 2.45) is 0 Å². The fourth-order valence-corrected chi connectivity index (χ4v) is 2.52. The predicted octanol–water partition coefficient (Wildman–Crippen LogP) is 2.15. The minimum atomic E-state index is -0.193. The Labute approximate surface area is 127 Å². The average Bonchev–Trinajstić information content (AvgIpc) is 2.76. The SMILES string of the molecule is Cc1nc(N)sc1C(=O)NCc1cccnc1OC(C)C. The summed E-state index contributed by atoms with van der Waals surface area (Å²) in [4.78, 5) is 20.9. The molecule has 2 aromatic rings. The molecule has 0 atom stereocenters. The minimum absolute atomic E-state index is 0.0258. The lowest BCUT2D eigenvalue weighted by Gasteiger charge is -2.13. The van der Waals surface area contributed by atoms with Gasteiger partial charge in [-0.3, -0.25) is 4.79 Å². The van der Waals surface area contributed by atoms with Gasteiger partial charge in [-0.05, 0) is 26.8 Å². The summed E-state index contributed by atoms with van der Waals surface area (Å²) in [6, 6.07) is 3.68. The third-order valence-corrected chi connectivity index (χ3v) is 3.64. The zero-order valence-electron chi connectivity index (χ0n) is 12.2. The van der Waals surface area contributed by atoms with E-state index < -0.39 is 0 Å². The van der Waals surface area contributed by atoms with Crippen molar-refractivity contribution in [3.05, 3.63) is 34.5 Å². The Balaban J connectivity index is 2.06. The number of ether oxygens (including phenoxy) is 1. The number of amides is 1. The van der Waals surface area contributed by atoms with Crippen LogP contribution >= 0.6 is 11.3 Å². The maximum atomic E-state index is 12.1. The first-order chi connectivity index (χ1) is 9.97. The normalized spacial score (nSPS) is 10.7. The number of anilines is 1. The van der Waals surface area contributed by atoms with Crippen molar-refractivity contribution in [2.45, 2.75) is 33.4 Å². The van der Waals surface area contributed by atoms with Gasteiger partial charge in [0.2, 0.25) is 5.88 Å². The van der Waals surface area contributed by atoms with Crippen molar-refractivity contribution in [3.8, 4) is 5.88 Å². The molecule has 1 amide bonds. The number of nitrogens with two attached hydrogens (primary N) is 1. The quantitative estimate of drug-likeness (QED) is 0.883. The second-order valence-electron chi connectivity index (χ2n) is 4.78. The van der Waals surface area contributed by atoms with Gasteiger partial charge < -0.3 is 15.8 Å². The van der Waals surface area contributed by atoms with Crippen LogP contribution < -0.4 is 15.8 Å². The van der Waals surface area contributed by atoms with Crippen LogP contribution in [0.1, 0.15) is 34.8 Å². The van der Waals surface area contributed by atoms with Gasteiger partial charge in [0.05, 0.1) is 11.8 Å². The smallest absolute Gasteiger partial charge is 0.263 e. The molecule has 0 spiro atoms. The Morgan fingerprint density at radius 2 is 2.29 bits per heavy atom. The number of pyridine rings is 1. The molecule has 21 heavy (non-hydrogen) atoms. The lowest BCUT2D eigenvalue weighted by molar-refractivity contribution is 0.0953. The molecule has 2 rings (SSSR count). The van der Waals surface area contributed by atoms with Gasteiger partial charge in [0.15, 0.2) is 5.13 Å². The van der Waals surface area contributed by atoms with E-state index in [1.165, 1.54) is 11.3 Å². The maximum absolute atomic E-state index is 12.1. The molecule has 0 aliphatic rings. The van der Waals surface area contributed by atoms with Gasteiger partial charge in [0.25, 0.3) is 5.91 Å². The topological polar surface area (TPSA) is 90.1 Å². The average molecular weight is 306 g/mol. The summed E-state index contributed by atoms with van der Waals surface area (Å²) < 4.78 is 5.62. The molecule has 0 radical (unpaired) electrons. The molecule has 0 aliphatic carbocycles. The summed E-state index contributed by atoms with van der Waals surface area (Å²) in [6.07, 6.45) is 1.69. The van der Waals surface area contributed by atoms with E-state index in [1.54, 1.807) is 13.1 Å². The van der Waals surface area contributed by atoms with Gasteiger partial charge >= 0.3 is 0 Å². The van der Waals surface area contributed by atoms with Crippen LogP contribution in [0.25, 0.3) is 0 Å². The third-order valence-electron chi connectivity index (χ3n) is 2.66. The molecule has 2 aromatic heterocycles. The van der Waals surface area contributed by atoms with E-state index in [0.29, 0.717) is 28.1 Å². The summed E-state index contributed by atoms with van der Waals surface area (Å²) in [6.45, 7) is 5.96. The molecule has 0 aliphatic heterocycles. The monoisotopic (exact) mass is 306 g/mol. The van der Waals surface area contributed by atoms with Crippen molar-refractivity contribution in [3.63, 3.8) is 0 Å². The van der Waals surface area contributed by atoms with Crippen molar-refractivity contribution in [1.29, 1.82) is 0 Å². The summed E-state index contributed by atoms with van der Waals surface area (Å²) in [7, 11) is 0. The summed E-state index contributed by atoms with van der Waals surface area (Å²) in [5.41, 5.74) is 7.07. The highest BCUT2D eigenvalue weighted by molar-refractivity contribution is 7.17. The van der Waals surface area contributed by atoms with Crippen molar-refractivity contribution < 1.29 is 9.53 Å². The van der Waals surface area contributed by atoms with E-state index in [0.717, 1.165) is 5.56 Å². The zero-order chi connectivity index (χ0) is 15.4. The molecule has 6 nitrogen and oxygen atoms in total. The number of aryl methyl sites for hydroxylation is 1. The Bertz CT molecular complexity index is 640. The van der Waals surface area contributed by atoms with Crippen LogP contribution in [0.15, 0.2) is 18.3 Å². The molecule has 0 saturated heterocycles. The molecule has 0 saturated carbocycles. The van der Waals surface area contributed by atoms with Crippen LogP contribution in [0.4, 0.5) is 5.13 Å². The van der Waals surface area contributed by atoms with Gasteiger partial charge in [-0.25, -0.2) is 9.97 Å². The van der Waals surface area contributed by atoms with E-state index in [-0.39, 0.29) is 12.0 Å². The Hall–Kier alpha value is -2.15. The zero-order valence-corrected chi connectivity index (χ0v) is 13.0. The van der Waals surface area contributed by atoms with Gasteiger partial charge in [0.1, 0.15) is 4.88 Å². The second-order valence-corrected chi connectivity index (χ2v) is 5.81. The number of nitrogen functional groups attached to an aromatic ring is 1. The Morgan fingerprint density at radius 3 is 2.90 bits per heavy atom. The first-order valence-corrected chi connectivity index (χ1v) is 7.40. The number of nitrogens with zero attached hydrogens (tertiary/aromatic N) is 2. The fourth-order valence-electron chi connectivity index (χ4n) is 1.77. The molecule has 0 unspecified atom stereocenters. The van der Waals surface area contributed by atoms with E-state index in [1.807, 2.05) is 26.0 Å². The van der Waals surface area contributed by atoms with Crippen LogP contribution in [-0.2, 0) is 6.54 Å². The van der Waals surface area contributed by atoms with Gasteiger partial charge in [-0.1, -0.05) is 17.4 Å². The largest absolute Gasteiger partial charge is 0.475 e. The molecule has 0 fully saturated rings. The first-order valence-electron chi connectivity index (χ1n) is 6.59. The molecule has 0 bridgehead atoms. The summed E-state index contributed by atoms with van der Waals surface area (Å²) in [5, 5.41) is 3.23. The standard InChI is InChI=1S/C14H18N4O2S/c1-8(2)20-13-10(5-4-6-16-13)7-17-12(19)11-9(3)18-14(15)21-11/h4-6,8H,7H2,1-3H3,(H2,15,18)(H,17,19). The van der Waals surface area contributed by atoms with Crippen molar-refractivity contribution in [2.75, 3.05) is 5.73 Å². The number of aromatic nitrogens is 2. The molecule has 2 heterocycles. The van der Waals surface area contributed by atoms with Crippen molar-refractivity contribution in [1.82, 2.24) is 15.3 Å². The lowest BCUT2D eigenvalue weighted by atomic mass is 10.2. The van der Waals surface area contributed by atoms with Crippen LogP contribution in [0.3, 0.4) is 0 Å². The number of thiazole rings is 1. The molecular formula is C14H18N4O2S. The highest BCUT2D eigenvalue weighted by atomic mass is 32.1. The van der Waals surface area contributed by atoms with E-state index in [4.69, 9.17) is 10.5 Å². The minimum Gasteiger partial charge on any atom is -0.475 e. The number of carbonyl (C=O) groups excluding carboxylic acids is 1. The molecule has 3 N–H and O–H groups in total. The number of carbonyl (C=O) groups is 1. The molecular weight excluding hydrogens is 288 g/mol. The summed E-state index contributed by atoms with van der Waals surface area (Å²) >= 11 is 1.18. The Morgan fingerprint density at radius 1 is 1.52 bits per heavy atom. The van der Waals surface area contributed by atoms with Gasteiger partial charge in [0, 0.05) is 18.3 Å². The fraction of sp³-hybridized carbons (Fsp3) is 0.357. The van der Waals surface area contributed by atoms with Gasteiger partial charge in [-0.2, -0.15) is 0 Å². The highest BCUT2D eigenvalue weighted by Gasteiger charge is 2.15. The van der Waals surface area contributed by atoms with Crippen molar-refractivity contribution >= 4 is 22.4 Å². The van der Waals surface area contributed by atoms with E-state index >= 15 is 0 Å². The number of hydrogen-bond donors (Lipinski definition) is 2. The Kier molecular flexibility index (Phi) is 4.74. The van der Waals surface area contributed by atoms with E-state index in [2.05, 4.69) is 15.3 Å². The van der Waals surface area contributed by atoms with Crippen LogP contribution in [0.5, 0.6) is 5.88 Å². The van der Waals surface area contributed by atoms with Crippen LogP contribution in [0, 0.1) is 6.92 Å². The van der Waals surface area contributed by atoms with Crippen LogP contribution in [-0.4, -0.2) is 22.0 Å². The third kappa shape index (κ3) is 3.91. The van der Waals surface area contributed by atoms with E-state index in [9.17, 15) is 4.79 Å².